The predicted molar refractivity (Wildman–Crippen MR) is 207 cm³/mol. The van der Waals surface area contributed by atoms with E-state index in [1.807, 2.05) is 0 Å². The minimum absolute atomic E-state index is 0.408. The van der Waals surface area contributed by atoms with Gasteiger partial charge in [-0.15, -0.1) is 0 Å². The second-order valence-electron chi connectivity index (χ2n) is 13.9. The van der Waals surface area contributed by atoms with Crippen LogP contribution in [0.1, 0.15) is 47.6 Å². The second kappa shape index (κ2) is 10.5. The van der Waals surface area contributed by atoms with Crippen LogP contribution in [0.25, 0.3) is 43.8 Å². The quantitative estimate of drug-likeness (QED) is 0.188. The van der Waals surface area contributed by atoms with Gasteiger partial charge in [-0.2, -0.15) is 0 Å². The molecular weight excluding hydrogens is 591 g/mol. The summed E-state index contributed by atoms with van der Waals surface area (Å²) in [6.07, 6.45) is 0. The Hall–Kier alpha value is -5.92. The summed E-state index contributed by atoms with van der Waals surface area (Å²) in [5, 5.41) is 5.10. The predicted octanol–water partition coefficient (Wildman–Crippen LogP) is 12.9. The molecule has 0 saturated carbocycles. The SMILES string of the molecule is CC(C)c1ccc(N(c2ccccc2)c2ccc3cc4c(cc3c2)C2(c3ccccc3-c3ccccc32)c2c-4ccc3ccccc23)cc1. The van der Waals surface area contributed by atoms with Crippen molar-refractivity contribution in [2.75, 3.05) is 4.90 Å². The number of hydrogen-bond donors (Lipinski definition) is 0. The topological polar surface area (TPSA) is 3.24 Å². The Kier molecular flexibility index (Phi) is 6.05. The number of rotatable bonds is 4. The van der Waals surface area contributed by atoms with Crippen molar-refractivity contribution in [2.24, 2.45) is 0 Å². The average Bonchev–Trinajstić information content (AvgIpc) is 3.61. The summed E-state index contributed by atoms with van der Waals surface area (Å²) in [6, 6.07) is 63.5. The third kappa shape index (κ3) is 3.93. The normalized spacial score (nSPS) is 13.4. The molecule has 2 aliphatic carbocycles. The first-order valence-corrected chi connectivity index (χ1v) is 17.4. The molecule has 0 aromatic heterocycles. The van der Waals surface area contributed by atoms with Crippen molar-refractivity contribution < 1.29 is 0 Å². The third-order valence-electron chi connectivity index (χ3n) is 11.0. The van der Waals surface area contributed by atoms with Gasteiger partial charge in [0.1, 0.15) is 0 Å². The van der Waals surface area contributed by atoms with E-state index in [2.05, 4.69) is 189 Å². The summed E-state index contributed by atoms with van der Waals surface area (Å²) >= 11 is 0. The molecule has 0 unspecified atom stereocenters. The van der Waals surface area contributed by atoms with Crippen molar-refractivity contribution in [2.45, 2.75) is 25.2 Å². The Morgan fingerprint density at radius 2 is 1.02 bits per heavy atom. The second-order valence-corrected chi connectivity index (χ2v) is 13.9. The van der Waals surface area contributed by atoms with Gasteiger partial charge in [-0.05, 0) is 126 Å². The van der Waals surface area contributed by atoms with Crippen LogP contribution in [0.3, 0.4) is 0 Å². The Labute approximate surface area is 287 Å². The molecule has 0 aliphatic heterocycles. The molecule has 2 aliphatic rings. The lowest BCUT2D eigenvalue weighted by Gasteiger charge is -2.31. The van der Waals surface area contributed by atoms with E-state index < -0.39 is 5.41 Å². The lowest BCUT2D eigenvalue weighted by Crippen LogP contribution is -2.26. The molecule has 232 valence electrons. The van der Waals surface area contributed by atoms with E-state index in [0.29, 0.717) is 5.92 Å². The molecule has 0 heterocycles. The minimum atomic E-state index is -0.408. The third-order valence-corrected chi connectivity index (χ3v) is 11.0. The van der Waals surface area contributed by atoms with Gasteiger partial charge in [-0.25, -0.2) is 0 Å². The molecule has 49 heavy (non-hydrogen) atoms. The number of anilines is 3. The van der Waals surface area contributed by atoms with E-state index in [4.69, 9.17) is 0 Å². The molecule has 0 saturated heterocycles. The van der Waals surface area contributed by atoms with Crippen LogP contribution in [0.4, 0.5) is 17.1 Å². The van der Waals surface area contributed by atoms with Crippen molar-refractivity contribution in [1.82, 2.24) is 0 Å². The number of nitrogens with zero attached hydrogens (tertiary/aromatic N) is 1. The van der Waals surface area contributed by atoms with Gasteiger partial charge in [0.25, 0.3) is 0 Å². The molecule has 0 N–H and O–H groups in total. The van der Waals surface area contributed by atoms with Crippen molar-refractivity contribution in [1.29, 1.82) is 0 Å². The fourth-order valence-corrected chi connectivity index (χ4v) is 8.82. The van der Waals surface area contributed by atoms with Crippen molar-refractivity contribution in [3.63, 3.8) is 0 Å². The van der Waals surface area contributed by atoms with E-state index >= 15 is 0 Å². The van der Waals surface area contributed by atoms with Crippen molar-refractivity contribution in [3.8, 4) is 22.3 Å². The standard InChI is InChI=1S/C48H35N/c1-31(2)32-20-24-37(25-21-32)49(36-13-4-3-5-14-36)38-26-22-34-29-43-42-27-23-33-12-6-7-15-39(33)47(42)48(46(43)30-35(34)28-38)44-18-10-8-16-40(44)41-17-9-11-19-45(41)48/h3-31H,1-2H3. The maximum atomic E-state index is 2.51. The van der Waals surface area contributed by atoms with Crippen LogP contribution < -0.4 is 4.90 Å². The average molecular weight is 626 g/mol. The Balaban J connectivity index is 1.26. The lowest BCUT2D eigenvalue weighted by atomic mass is 9.69. The molecular formula is C48H35N. The van der Waals surface area contributed by atoms with Gasteiger partial charge in [0.05, 0.1) is 5.41 Å². The van der Waals surface area contributed by atoms with Gasteiger partial charge in [0.2, 0.25) is 0 Å². The number of para-hydroxylation sites is 1. The lowest BCUT2D eigenvalue weighted by molar-refractivity contribution is 0.802. The van der Waals surface area contributed by atoms with Crippen LogP contribution in [0.15, 0.2) is 170 Å². The molecule has 8 aromatic rings. The maximum Gasteiger partial charge on any atom is 0.0731 e. The first-order valence-electron chi connectivity index (χ1n) is 17.4. The fraction of sp³-hybridized carbons (Fsp3) is 0.0833. The summed E-state index contributed by atoms with van der Waals surface area (Å²) in [5.74, 6) is 0.487. The van der Waals surface area contributed by atoms with Crippen LogP contribution in [0.2, 0.25) is 0 Å². The molecule has 8 aromatic carbocycles. The van der Waals surface area contributed by atoms with E-state index in [9.17, 15) is 0 Å². The first kappa shape index (κ1) is 28.1. The van der Waals surface area contributed by atoms with E-state index in [-0.39, 0.29) is 0 Å². The fourth-order valence-electron chi connectivity index (χ4n) is 8.82. The van der Waals surface area contributed by atoms with Gasteiger partial charge in [-0.1, -0.05) is 135 Å². The molecule has 0 atom stereocenters. The highest BCUT2D eigenvalue weighted by Crippen LogP contribution is 2.64. The zero-order chi connectivity index (χ0) is 32.7. The van der Waals surface area contributed by atoms with Crippen molar-refractivity contribution >= 4 is 38.6 Å². The molecule has 10 rings (SSSR count). The molecule has 1 nitrogen and oxygen atoms in total. The van der Waals surface area contributed by atoms with E-state index in [1.165, 1.54) is 71.6 Å². The molecule has 1 spiro atoms. The summed E-state index contributed by atoms with van der Waals surface area (Å²) in [5.41, 5.74) is 15.3. The highest BCUT2D eigenvalue weighted by Gasteiger charge is 2.52. The van der Waals surface area contributed by atoms with E-state index in [0.717, 1.165) is 17.1 Å². The van der Waals surface area contributed by atoms with Crippen molar-refractivity contribution in [3.05, 3.63) is 198 Å². The van der Waals surface area contributed by atoms with Gasteiger partial charge < -0.3 is 4.90 Å². The van der Waals surface area contributed by atoms with Crippen LogP contribution >= 0.6 is 0 Å². The van der Waals surface area contributed by atoms with Gasteiger partial charge in [-0.3, -0.25) is 0 Å². The van der Waals surface area contributed by atoms with Crippen LogP contribution in [0, 0.1) is 0 Å². The zero-order valence-corrected chi connectivity index (χ0v) is 27.7. The summed E-state index contributed by atoms with van der Waals surface area (Å²) in [7, 11) is 0. The Morgan fingerprint density at radius 1 is 0.408 bits per heavy atom. The van der Waals surface area contributed by atoms with Gasteiger partial charge in [0.15, 0.2) is 0 Å². The monoisotopic (exact) mass is 625 g/mol. The van der Waals surface area contributed by atoms with Gasteiger partial charge in [0, 0.05) is 17.1 Å². The highest BCUT2D eigenvalue weighted by molar-refractivity contribution is 6.06. The number of fused-ring (bicyclic) bond motifs is 13. The number of hydrogen-bond acceptors (Lipinski definition) is 1. The summed E-state index contributed by atoms with van der Waals surface area (Å²) in [4.78, 5) is 2.38. The molecule has 1 heteroatoms. The highest BCUT2D eigenvalue weighted by atomic mass is 15.1. The molecule has 0 bridgehead atoms. The van der Waals surface area contributed by atoms with Gasteiger partial charge >= 0.3 is 0 Å². The molecule has 0 amide bonds. The Bertz CT molecular complexity index is 2530. The summed E-state index contributed by atoms with van der Waals surface area (Å²) in [6.45, 7) is 4.50. The molecule has 0 fully saturated rings. The number of benzene rings is 8. The maximum absolute atomic E-state index is 2.51. The van der Waals surface area contributed by atoms with Crippen LogP contribution in [0.5, 0.6) is 0 Å². The zero-order valence-electron chi connectivity index (χ0n) is 27.7. The van der Waals surface area contributed by atoms with E-state index in [1.54, 1.807) is 0 Å². The first-order chi connectivity index (χ1) is 24.1. The Morgan fingerprint density at radius 3 is 1.76 bits per heavy atom. The minimum Gasteiger partial charge on any atom is -0.310 e. The smallest absolute Gasteiger partial charge is 0.0731 e. The van der Waals surface area contributed by atoms with Crippen LogP contribution in [-0.4, -0.2) is 0 Å². The van der Waals surface area contributed by atoms with Crippen LogP contribution in [-0.2, 0) is 5.41 Å². The molecule has 0 radical (unpaired) electrons. The summed E-state index contributed by atoms with van der Waals surface area (Å²) < 4.78 is 0. The largest absolute Gasteiger partial charge is 0.310 e.